The predicted octanol–water partition coefficient (Wildman–Crippen LogP) is 1.06. The Morgan fingerprint density at radius 2 is 2.00 bits per heavy atom. The van der Waals surface area contributed by atoms with Crippen LogP contribution in [0.3, 0.4) is 0 Å². The van der Waals surface area contributed by atoms with Crippen molar-refractivity contribution in [2.75, 3.05) is 13.7 Å². The van der Waals surface area contributed by atoms with Gasteiger partial charge in [-0.3, -0.25) is 9.59 Å². The van der Waals surface area contributed by atoms with Gasteiger partial charge in [-0.25, -0.2) is 4.79 Å². The molecule has 0 aromatic heterocycles. The minimum Gasteiger partial charge on any atom is -0.469 e. The van der Waals surface area contributed by atoms with E-state index in [9.17, 15) is 14.4 Å². The molecule has 0 bridgehead atoms. The topological polar surface area (TPSA) is 72.9 Å². The monoisotopic (exact) mass is 303 g/mol. The Morgan fingerprint density at radius 3 is 2.68 bits per heavy atom. The molecule has 2 aliphatic heterocycles. The van der Waals surface area contributed by atoms with Gasteiger partial charge in [0, 0.05) is 6.42 Å². The maximum atomic E-state index is 12.4. The molecule has 22 heavy (non-hydrogen) atoms. The van der Waals surface area contributed by atoms with Gasteiger partial charge in [-0.15, -0.1) is 0 Å². The third-order valence-corrected chi connectivity index (χ3v) is 4.29. The maximum Gasteiger partial charge on any atom is 0.329 e. The molecule has 0 saturated carbocycles. The SMILES string of the molecule is COC(=O)[C@@H]1CCC(=O)N2[C@@H]1C(=O)OC[C@H]2c1ccccc1. The van der Waals surface area contributed by atoms with E-state index in [-0.39, 0.29) is 25.0 Å². The van der Waals surface area contributed by atoms with Crippen LogP contribution in [0.1, 0.15) is 24.4 Å². The molecular formula is C16H17NO5. The molecule has 1 aromatic rings. The van der Waals surface area contributed by atoms with Crippen molar-refractivity contribution in [1.82, 2.24) is 4.90 Å². The highest BCUT2D eigenvalue weighted by Crippen LogP contribution is 2.37. The smallest absolute Gasteiger partial charge is 0.329 e. The summed E-state index contributed by atoms with van der Waals surface area (Å²) in [4.78, 5) is 38.0. The largest absolute Gasteiger partial charge is 0.469 e. The fourth-order valence-corrected chi connectivity index (χ4v) is 3.22. The van der Waals surface area contributed by atoms with Crippen molar-refractivity contribution >= 4 is 17.8 Å². The molecule has 116 valence electrons. The standard InChI is InChI=1S/C16H17NO5/c1-21-15(19)11-7-8-13(18)17-12(9-22-16(20)14(11)17)10-5-3-2-4-6-10/h2-6,11-12,14H,7-9H2,1H3/t11-,12+,14+/m1/s1. The van der Waals surface area contributed by atoms with Gasteiger partial charge in [-0.2, -0.15) is 0 Å². The number of carbonyl (C=O) groups excluding carboxylic acids is 3. The Morgan fingerprint density at radius 1 is 1.27 bits per heavy atom. The molecule has 3 atom stereocenters. The van der Waals surface area contributed by atoms with Gasteiger partial charge in [0.25, 0.3) is 0 Å². The molecule has 1 aromatic carbocycles. The Hall–Kier alpha value is -2.37. The van der Waals surface area contributed by atoms with Crippen LogP contribution in [0, 0.1) is 5.92 Å². The number of benzene rings is 1. The highest BCUT2D eigenvalue weighted by Gasteiger charge is 2.51. The van der Waals surface area contributed by atoms with Gasteiger partial charge < -0.3 is 14.4 Å². The number of piperidine rings is 1. The van der Waals surface area contributed by atoms with E-state index in [4.69, 9.17) is 9.47 Å². The molecule has 2 saturated heterocycles. The quantitative estimate of drug-likeness (QED) is 0.764. The summed E-state index contributed by atoms with van der Waals surface area (Å²) in [6, 6.07) is 8.13. The van der Waals surface area contributed by atoms with E-state index in [1.54, 1.807) is 0 Å². The van der Waals surface area contributed by atoms with E-state index in [0.29, 0.717) is 6.42 Å². The second-order valence-corrected chi connectivity index (χ2v) is 5.47. The van der Waals surface area contributed by atoms with Crippen molar-refractivity contribution in [2.45, 2.75) is 24.9 Å². The Labute approximate surface area is 128 Å². The lowest BCUT2D eigenvalue weighted by Gasteiger charge is -2.45. The van der Waals surface area contributed by atoms with Gasteiger partial charge in [-0.05, 0) is 12.0 Å². The first-order chi connectivity index (χ1) is 10.6. The molecule has 2 heterocycles. The van der Waals surface area contributed by atoms with E-state index in [1.165, 1.54) is 12.0 Å². The number of morpholine rings is 1. The number of esters is 2. The fourth-order valence-electron chi connectivity index (χ4n) is 3.22. The minimum atomic E-state index is -0.896. The van der Waals surface area contributed by atoms with Gasteiger partial charge in [-0.1, -0.05) is 30.3 Å². The molecule has 0 aliphatic carbocycles. The van der Waals surface area contributed by atoms with Crippen LogP contribution >= 0.6 is 0 Å². The lowest BCUT2D eigenvalue weighted by atomic mass is 9.85. The number of carbonyl (C=O) groups is 3. The molecule has 2 aliphatic rings. The van der Waals surface area contributed by atoms with E-state index in [2.05, 4.69) is 0 Å². The molecule has 3 rings (SSSR count). The van der Waals surface area contributed by atoms with Crippen LogP contribution < -0.4 is 0 Å². The zero-order valence-corrected chi connectivity index (χ0v) is 12.2. The number of nitrogens with zero attached hydrogens (tertiary/aromatic N) is 1. The van der Waals surface area contributed by atoms with E-state index in [0.717, 1.165) is 5.56 Å². The molecule has 1 amide bonds. The van der Waals surface area contributed by atoms with Gasteiger partial charge in [0.05, 0.1) is 19.1 Å². The fraction of sp³-hybridized carbons (Fsp3) is 0.438. The Kier molecular flexibility index (Phi) is 3.83. The second kappa shape index (κ2) is 5.79. The number of rotatable bonds is 2. The first-order valence-electron chi connectivity index (χ1n) is 7.24. The summed E-state index contributed by atoms with van der Waals surface area (Å²) in [5.74, 6) is -1.80. The molecular weight excluding hydrogens is 286 g/mol. The third-order valence-electron chi connectivity index (χ3n) is 4.29. The van der Waals surface area contributed by atoms with Crippen LogP contribution in [0.4, 0.5) is 0 Å². The summed E-state index contributed by atoms with van der Waals surface area (Å²) in [6.45, 7) is 0.110. The van der Waals surface area contributed by atoms with E-state index >= 15 is 0 Å². The summed E-state index contributed by atoms with van der Waals surface area (Å²) in [7, 11) is 1.28. The van der Waals surface area contributed by atoms with Crippen LogP contribution in [0.15, 0.2) is 30.3 Å². The average Bonchev–Trinajstić information content (AvgIpc) is 2.56. The number of ether oxygens (including phenoxy) is 2. The summed E-state index contributed by atoms with van der Waals surface area (Å²) < 4.78 is 10.0. The summed E-state index contributed by atoms with van der Waals surface area (Å²) in [5, 5.41) is 0. The molecule has 2 fully saturated rings. The first kappa shape index (κ1) is 14.6. The van der Waals surface area contributed by atoms with Crippen molar-refractivity contribution in [3.8, 4) is 0 Å². The number of hydrogen-bond donors (Lipinski definition) is 0. The van der Waals surface area contributed by atoms with E-state index < -0.39 is 23.9 Å². The van der Waals surface area contributed by atoms with Crippen LogP contribution in [0.2, 0.25) is 0 Å². The minimum absolute atomic E-state index is 0.110. The highest BCUT2D eigenvalue weighted by molar-refractivity contribution is 5.92. The third kappa shape index (κ3) is 2.34. The van der Waals surface area contributed by atoms with Gasteiger partial charge in [0.2, 0.25) is 5.91 Å². The predicted molar refractivity (Wildman–Crippen MR) is 75.5 cm³/mol. The second-order valence-electron chi connectivity index (χ2n) is 5.47. The number of methoxy groups -OCH3 is 1. The van der Waals surface area contributed by atoms with Crippen LogP contribution in [-0.4, -0.2) is 42.5 Å². The van der Waals surface area contributed by atoms with Crippen molar-refractivity contribution in [3.63, 3.8) is 0 Å². The van der Waals surface area contributed by atoms with Crippen LogP contribution in [0.25, 0.3) is 0 Å². The summed E-state index contributed by atoms with van der Waals surface area (Å²) in [6.07, 6.45) is 0.538. The van der Waals surface area contributed by atoms with Crippen molar-refractivity contribution in [1.29, 1.82) is 0 Å². The molecule has 6 nitrogen and oxygen atoms in total. The molecule has 0 unspecified atom stereocenters. The Bertz CT molecular complexity index is 600. The molecule has 6 heteroatoms. The number of fused-ring (bicyclic) bond motifs is 1. The first-order valence-corrected chi connectivity index (χ1v) is 7.24. The normalized spacial score (nSPS) is 27.9. The van der Waals surface area contributed by atoms with Gasteiger partial charge >= 0.3 is 11.9 Å². The van der Waals surface area contributed by atoms with Gasteiger partial charge in [0.15, 0.2) is 0 Å². The van der Waals surface area contributed by atoms with Gasteiger partial charge in [0.1, 0.15) is 12.6 Å². The number of hydrogen-bond acceptors (Lipinski definition) is 5. The average molecular weight is 303 g/mol. The lowest BCUT2D eigenvalue weighted by molar-refractivity contribution is -0.182. The van der Waals surface area contributed by atoms with Crippen molar-refractivity contribution in [2.24, 2.45) is 5.92 Å². The van der Waals surface area contributed by atoms with Crippen molar-refractivity contribution in [3.05, 3.63) is 35.9 Å². The highest BCUT2D eigenvalue weighted by atomic mass is 16.5. The maximum absolute atomic E-state index is 12.4. The lowest BCUT2D eigenvalue weighted by Crippen LogP contribution is -2.60. The van der Waals surface area contributed by atoms with E-state index in [1.807, 2.05) is 30.3 Å². The number of cyclic esters (lactones) is 1. The molecule has 0 N–H and O–H groups in total. The molecule has 0 spiro atoms. The zero-order valence-electron chi connectivity index (χ0n) is 12.2. The zero-order chi connectivity index (χ0) is 15.7. The van der Waals surface area contributed by atoms with Crippen LogP contribution in [0.5, 0.6) is 0 Å². The van der Waals surface area contributed by atoms with Crippen molar-refractivity contribution < 1.29 is 23.9 Å². The summed E-state index contributed by atoms with van der Waals surface area (Å²) in [5.41, 5.74) is 0.888. The Balaban J connectivity index is 1.98. The number of amides is 1. The summed E-state index contributed by atoms with van der Waals surface area (Å²) >= 11 is 0. The molecule has 0 radical (unpaired) electrons. The van der Waals surface area contributed by atoms with Crippen LogP contribution in [-0.2, 0) is 23.9 Å².